The highest BCUT2D eigenvalue weighted by Crippen LogP contribution is 2.25. The van der Waals surface area contributed by atoms with Gasteiger partial charge in [-0.05, 0) is 24.3 Å². The smallest absolute Gasteiger partial charge is 0.00776 e. The average Bonchev–Trinajstić information content (AvgIpc) is 2.06. The fourth-order valence-electron chi connectivity index (χ4n) is 1.04. The van der Waals surface area contributed by atoms with Gasteiger partial charge in [0.1, 0.15) is 0 Å². The summed E-state index contributed by atoms with van der Waals surface area (Å²) in [5.74, 6) is 0. The highest BCUT2D eigenvalue weighted by atomic mass is 14.2. The van der Waals surface area contributed by atoms with Crippen molar-refractivity contribution in [3.05, 3.63) is 42.8 Å². The van der Waals surface area contributed by atoms with Gasteiger partial charge in [-0.3, -0.25) is 0 Å². The largest absolute Gasteiger partial charge is 0.0645 e. The maximum absolute atomic E-state index is 4.16. The summed E-state index contributed by atoms with van der Waals surface area (Å²) in [4.78, 5) is 0. The molecule has 1 aromatic rings. The van der Waals surface area contributed by atoms with Crippen LogP contribution in [0, 0.1) is 6.92 Å². The zero-order chi connectivity index (χ0) is 8.32. The molecule has 0 fully saturated rings. The topological polar surface area (TPSA) is 0 Å². The molecule has 59 valence electrons. The first-order valence-corrected chi connectivity index (χ1v) is 4.07. The van der Waals surface area contributed by atoms with Crippen molar-refractivity contribution in [3.8, 4) is 0 Å². The van der Waals surface area contributed by atoms with Crippen molar-refractivity contribution < 1.29 is 0 Å². The van der Waals surface area contributed by atoms with Crippen molar-refractivity contribution in [2.75, 3.05) is 0 Å². The molecule has 0 aliphatic rings. The van der Waals surface area contributed by atoms with Crippen molar-refractivity contribution in [2.45, 2.75) is 25.7 Å². The van der Waals surface area contributed by atoms with Crippen LogP contribution in [0.3, 0.4) is 0 Å². The molecule has 1 radical (unpaired) electrons. The second-order valence-electron chi connectivity index (χ2n) is 3.28. The van der Waals surface area contributed by atoms with Gasteiger partial charge in [0.05, 0.1) is 0 Å². The van der Waals surface area contributed by atoms with Crippen molar-refractivity contribution >= 4 is 0 Å². The molecule has 0 N–H and O–H groups in total. The summed E-state index contributed by atoms with van der Waals surface area (Å²) in [7, 11) is 0. The van der Waals surface area contributed by atoms with E-state index in [0.717, 1.165) is 6.42 Å². The zero-order valence-corrected chi connectivity index (χ0v) is 7.30. The van der Waals surface area contributed by atoms with Crippen LogP contribution in [0.1, 0.15) is 25.8 Å². The quantitative estimate of drug-likeness (QED) is 0.602. The number of rotatable bonds is 2. The molecule has 0 aliphatic carbocycles. The van der Waals surface area contributed by atoms with E-state index >= 15 is 0 Å². The van der Waals surface area contributed by atoms with Crippen molar-refractivity contribution in [1.29, 1.82) is 0 Å². The van der Waals surface area contributed by atoms with E-state index in [9.17, 15) is 0 Å². The predicted molar refractivity (Wildman–Crippen MR) is 49.4 cm³/mol. The fourth-order valence-corrected chi connectivity index (χ4v) is 1.04. The first-order valence-electron chi connectivity index (χ1n) is 4.07. The lowest BCUT2D eigenvalue weighted by Crippen LogP contribution is -2.15. The van der Waals surface area contributed by atoms with E-state index in [4.69, 9.17) is 0 Å². The second-order valence-corrected chi connectivity index (χ2v) is 3.28. The lowest BCUT2D eigenvalue weighted by Gasteiger charge is -2.22. The molecule has 0 heterocycles. The number of benzene rings is 1. The van der Waals surface area contributed by atoms with E-state index in [0.29, 0.717) is 0 Å². The molecule has 1 rings (SSSR count). The molecule has 0 spiro atoms. The van der Waals surface area contributed by atoms with Crippen LogP contribution >= 0.6 is 0 Å². The van der Waals surface area contributed by atoms with Gasteiger partial charge < -0.3 is 0 Å². The highest BCUT2D eigenvalue weighted by Gasteiger charge is 2.16. The summed E-state index contributed by atoms with van der Waals surface area (Å²) >= 11 is 0. The Labute approximate surface area is 69.3 Å². The summed E-state index contributed by atoms with van der Waals surface area (Å²) in [6, 6.07) is 10.4. The van der Waals surface area contributed by atoms with Gasteiger partial charge in [0.2, 0.25) is 0 Å². The van der Waals surface area contributed by atoms with Gasteiger partial charge in [-0.15, -0.1) is 0 Å². The molecule has 0 saturated carbocycles. The Morgan fingerprint density at radius 1 is 1.27 bits per heavy atom. The Balaban J connectivity index is 2.93. The summed E-state index contributed by atoms with van der Waals surface area (Å²) < 4.78 is 0. The lowest BCUT2D eigenvalue weighted by molar-refractivity contribution is 0.568. The van der Waals surface area contributed by atoms with Crippen LogP contribution < -0.4 is 0 Å². The van der Waals surface area contributed by atoms with Crippen LogP contribution in [0.15, 0.2) is 30.3 Å². The SMILES string of the molecule is [CH2]C(C)(CC)c1ccccc1. The lowest BCUT2D eigenvalue weighted by atomic mass is 9.82. The molecule has 1 aromatic carbocycles. The molecule has 0 aromatic heterocycles. The van der Waals surface area contributed by atoms with E-state index in [2.05, 4.69) is 45.0 Å². The summed E-state index contributed by atoms with van der Waals surface area (Å²) in [6.07, 6.45) is 1.08. The van der Waals surface area contributed by atoms with Crippen molar-refractivity contribution in [3.63, 3.8) is 0 Å². The maximum Gasteiger partial charge on any atom is -0.00776 e. The van der Waals surface area contributed by atoms with Gasteiger partial charge in [-0.25, -0.2) is 0 Å². The Kier molecular flexibility index (Phi) is 2.33. The maximum atomic E-state index is 4.16. The van der Waals surface area contributed by atoms with E-state index in [1.165, 1.54) is 5.56 Å². The van der Waals surface area contributed by atoms with E-state index in [1.807, 2.05) is 6.07 Å². The van der Waals surface area contributed by atoms with Crippen LogP contribution in [-0.2, 0) is 5.41 Å². The first-order chi connectivity index (χ1) is 5.17. The summed E-state index contributed by atoms with van der Waals surface area (Å²) in [5.41, 5.74) is 1.41. The Morgan fingerprint density at radius 2 is 1.82 bits per heavy atom. The molecule has 11 heavy (non-hydrogen) atoms. The minimum absolute atomic E-state index is 0.0846. The van der Waals surface area contributed by atoms with Gasteiger partial charge >= 0.3 is 0 Å². The summed E-state index contributed by atoms with van der Waals surface area (Å²) in [5, 5.41) is 0. The third kappa shape index (κ3) is 1.83. The average molecular weight is 147 g/mol. The zero-order valence-electron chi connectivity index (χ0n) is 7.30. The molecule has 1 atom stereocenters. The molecule has 0 heteroatoms. The van der Waals surface area contributed by atoms with Crippen LogP contribution in [0.5, 0.6) is 0 Å². The second kappa shape index (κ2) is 3.08. The molecule has 1 unspecified atom stereocenters. The van der Waals surface area contributed by atoms with Gasteiger partial charge in [0.15, 0.2) is 0 Å². The molecule has 0 aliphatic heterocycles. The van der Waals surface area contributed by atoms with E-state index < -0.39 is 0 Å². The van der Waals surface area contributed by atoms with Gasteiger partial charge in [0.25, 0.3) is 0 Å². The number of hydrogen-bond donors (Lipinski definition) is 0. The number of hydrogen-bond acceptors (Lipinski definition) is 0. The molecule has 0 bridgehead atoms. The van der Waals surface area contributed by atoms with Crippen LogP contribution in [-0.4, -0.2) is 0 Å². The Morgan fingerprint density at radius 3 is 2.27 bits per heavy atom. The molecule has 0 amide bonds. The van der Waals surface area contributed by atoms with E-state index in [1.54, 1.807) is 0 Å². The van der Waals surface area contributed by atoms with Crippen molar-refractivity contribution in [1.82, 2.24) is 0 Å². The first kappa shape index (κ1) is 8.32. The molecular weight excluding hydrogens is 132 g/mol. The Bertz CT molecular complexity index is 209. The predicted octanol–water partition coefficient (Wildman–Crippen LogP) is 3.19. The third-order valence-electron chi connectivity index (χ3n) is 2.25. The molecular formula is C11H15. The van der Waals surface area contributed by atoms with Crippen LogP contribution in [0.2, 0.25) is 0 Å². The van der Waals surface area contributed by atoms with Crippen molar-refractivity contribution in [2.24, 2.45) is 0 Å². The van der Waals surface area contributed by atoms with Gasteiger partial charge in [0, 0.05) is 0 Å². The minimum Gasteiger partial charge on any atom is -0.0645 e. The van der Waals surface area contributed by atoms with Crippen LogP contribution in [0.4, 0.5) is 0 Å². The normalized spacial score (nSPS) is 11.5. The van der Waals surface area contributed by atoms with Gasteiger partial charge in [-0.1, -0.05) is 44.2 Å². The Hall–Kier alpha value is -0.780. The van der Waals surface area contributed by atoms with Gasteiger partial charge in [-0.2, -0.15) is 0 Å². The standard InChI is InChI=1S/C11H15/c1-4-11(2,3)10-8-6-5-7-9-10/h5-9H,2,4H2,1,3H3. The highest BCUT2D eigenvalue weighted by molar-refractivity contribution is 5.25. The monoisotopic (exact) mass is 147 g/mol. The van der Waals surface area contributed by atoms with E-state index in [-0.39, 0.29) is 5.41 Å². The van der Waals surface area contributed by atoms with Crippen LogP contribution in [0.25, 0.3) is 0 Å². The minimum atomic E-state index is 0.0846. The molecule has 0 nitrogen and oxygen atoms in total. The fraction of sp³-hybridized carbons (Fsp3) is 0.364. The third-order valence-corrected chi connectivity index (χ3v) is 2.25. The summed E-state index contributed by atoms with van der Waals surface area (Å²) in [6.45, 7) is 8.49. The molecule has 0 saturated heterocycles.